The molecule has 1 aliphatic heterocycles. The molecule has 1 aliphatic rings. The number of aromatic nitrogens is 1. The average Bonchev–Trinajstić information content (AvgIpc) is 2.23. The Kier molecular flexibility index (Phi) is 2.82. The molecule has 5 nitrogen and oxygen atoms in total. The zero-order valence-corrected chi connectivity index (χ0v) is 8.30. The maximum absolute atomic E-state index is 11.2. The zero-order chi connectivity index (χ0) is 10.7. The number of nitrogens with zero attached hydrogens (tertiary/aromatic N) is 1. The van der Waals surface area contributed by atoms with Crippen LogP contribution >= 0.6 is 0 Å². The number of carbonyl (C=O) groups is 1. The Bertz CT molecular complexity index is 362. The molecule has 1 fully saturated rings. The number of hydrogen-bond acceptors (Lipinski definition) is 5. The lowest BCUT2D eigenvalue weighted by Gasteiger charge is -2.26. The second-order valence-corrected chi connectivity index (χ2v) is 3.18. The van der Waals surface area contributed by atoms with Crippen molar-refractivity contribution in [3.05, 3.63) is 24.0 Å². The van der Waals surface area contributed by atoms with Gasteiger partial charge in [-0.3, -0.25) is 4.98 Å². The normalized spacial score (nSPS) is 15.5. The van der Waals surface area contributed by atoms with Crippen molar-refractivity contribution in [3.8, 4) is 5.75 Å². The summed E-state index contributed by atoms with van der Waals surface area (Å²) in [7, 11) is 1.33. The van der Waals surface area contributed by atoms with Gasteiger partial charge in [0.1, 0.15) is 11.9 Å². The highest BCUT2D eigenvalue weighted by Gasteiger charge is 2.20. The molecule has 0 aliphatic carbocycles. The van der Waals surface area contributed by atoms with Crippen LogP contribution in [-0.2, 0) is 9.47 Å². The molecule has 0 spiro atoms. The van der Waals surface area contributed by atoms with Crippen LogP contribution in [0.25, 0.3) is 0 Å². The molecule has 2 heterocycles. The Labute approximate surface area is 87.0 Å². The minimum Gasteiger partial charge on any atom is -0.484 e. The molecule has 2 rings (SSSR count). The van der Waals surface area contributed by atoms with Gasteiger partial charge in [-0.1, -0.05) is 0 Å². The van der Waals surface area contributed by atoms with E-state index in [2.05, 4.69) is 9.72 Å². The van der Waals surface area contributed by atoms with E-state index in [4.69, 9.17) is 9.47 Å². The second kappa shape index (κ2) is 4.27. The summed E-state index contributed by atoms with van der Waals surface area (Å²) in [5.74, 6) is 0.143. The summed E-state index contributed by atoms with van der Waals surface area (Å²) < 4.78 is 15.0. The van der Waals surface area contributed by atoms with Gasteiger partial charge >= 0.3 is 5.97 Å². The Balaban J connectivity index is 2.07. The third kappa shape index (κ3) is 2.24. The van der Waals surface area contributed by atoms with E-state index < -0.39 is 5.97 Å². The largest absolute Gasteiger partial charge is 0.484 e. The van der Waals surface area contributed by atoms with E-state index in [1.807, 2.05) is 0 Å². The molecule has 0 unspecified atom stereocenters. The van der Waals surface area contributed by atoms with Gasteiger partial charge in [0, 0.05) is 6.20 Å². The van der Waals surface area contributed by atoms with Gasteiger partial charge in [-0.15, -0.1) is 0 Å². The summed E-state index contributed by atoms with van der Waals surface area (Å²) in [6.07, 6.45) is 3.07. The van der Waals surface area contributed by atoms with Gasteiger partial charge < -0.3 is 14.2 Å². The van der Waals surface area contributed by atoms with Gasteiger partial charge in [-0.2, -0.15) is 0 Å². The van der Waals surface area contributed by atoms with Crippen LogP contribution in [0.4, 0.5) is 0 Å². The van der Waals surface area contributed by atoms with Crippen LogP contribution < -0.4 is 4.74 Å². The fourth-order valence-corrected chi connectivity index (χ4v) is 1.19. The van der Waals surface area contributed by atoms with Crippen LogP contribution in [-0.4, -0.2) is 37.4 Å². The van der Waals surface area contributed by atoms with E-state index in [1.54, 1.807) is 12.3 Å². The summed E-state index contributed by atoms with van der Waals surface area (Å²) in [6.45, 7) is 1.17. The first-order valence-electron chi connectivity index (χ1n) is 4.57. The lowest BCUT2D eigenvalue weighted by molar-refractivity contribution is -0.0798. The highest BCUT2D eigenvalue weighted by molar-refractivity contribution is 5.89. The van der Waals surface area contributed by atoms with Crippen molar-refractivity contribution in [2.75, 3.05) is 20.3 Å². The molecule has 0 atom stereocenters. The SMILES string of the molecule is COC(=O)c1cncc(OC2COC2)c1. The number of rotatable bonds is 3. The molecule has 0 bridgehead atoms. The fraction of sp³-hybridized carbons (Fsp3) is 0.400. The monoisotopic (exact) mass is 209 g/mol. The molecule has 0 aromatic carbocycles. The average molecular weight is 209 g/mol. The maximum atomic E-state index is 11.2. The van der Waals surface area contributed by atoms with Gasteiger partial charge in [0.05, 0.1) is 32.1 Å². The Morgan fingerprint density at radius 1 is 1.53 bits per heavy atom. The summed E-state index contributed by atoms with van der Waals surface area (Å²) in [5.41, 5.74) is 0.384. The van der Waals surface area contributed by atoms with Crippen molar-refractivity contribution < 1.29 is 19.0 Å². The highest BCUT2D eigenvalue weighted by atomic mass is 16.6. The first-order valence-corrected chi connectivity index (χ1v) is 4.57. The minimum absolute atomic E-state index is 0.0692. The van der Waals surface area contributed by atoms with E-state index in [0.29, 0.717) is 24.5 Å². The van der Waals surface area contributed by atoms with E-state index in [0.717, 1.165) is 0 Å². The molecular weight excluding hydrogens is 198 g/mol. The van der Waals surface area contributed by atoms with Crippen molar-refractivity contribution in [1.82, 2.24) is 4.98 Å². The number of esters is 1. The van der Waals surface area contributed by atoms with Crippen LogP contribution in [0, 0.1) is 0 Å². The zero-order valence-electron chi connectivity index (χ0n) is 8.30. The molecule has 1 saturated heterocycles. The van der Waals surface area contributed by atoms with Crippen LogP contribution in [0.3, 0.4) is 0 Å². The molecule has 5 heteroatoms. The standard InChI is InChI=1S/C10H11NO4/c1-13-10(12)7-2-8(4-11-3-7)15-9-5-14-6-9/h2-4,9H,5-6H2,1H3. The molecule has 0 radical (unpaired) electrons. The Morgan fingerprint density at radius 2 is 2.33 bits per heavy atom. The number of methoxy groups -OCH3 is 1. The third-order valence-corrected chi connectivity index (χ3v) is 2.04. The molecule has 1 aromatic heterocycles. The maximum Gasteiger partial charge on any atom is 0.339 e. The summed E-state index contributed by atoms with van der Waals surface area (Å²) in [5, 5.41) is 0. The van der Waals surface area contributed by atoms with E-state index in [1.165, 1.54) is 13.3 Å². The van der Waals surface area contributed by atoms with Crippen molar-refractivity contribution in [3.63, 3.8) is 0 Å². The van der Waals surface area contributed by atoms with Gasteiger partial charge in [0.25, 0.3) is 0 Å². The summed E-state index contributed by atoms with van der Waals surface area (Å²) >= 11 is 0. The van der Waals surface area contributed by atoms with E-state index in [9.17, 15) is 4.79 Å². The second-order valence-electron chi connectivity index (χ2n) is 3.18. The Hall–Kier alpha value is -1.62. The number of ether oxygens (including phenoxy) is 3. The van der Waals surface area contributed by atoms with Crippen LogP contribution in [0.2, 0.25) is 0 Å². The third-order valence-electron chi connectivity index (χ3n) is 2.04. The first kappa shape index (κ1) is 9.92. The topological polar surface area (TPSA) is 57.7 Å². The smallest absolute Gasteiger partial charge is 0.339 e. The van der Waals surface area contributed by atoms with Crippen molar-refractivity contribution in [1.29, 1.82) is 0 Å². The number of pyridine rings is 1. The fourth-order valence-electron chi connectivity index (χ4n) is 1.19. The molecule has 15 heavy (non-hydrogen) atoms. The summed E-state index contributed by atoms with van der Waals surface area (Å²) in [6, 6.07) is 1.61. The number of hydrogen-bond donors (Lipinski definition) is 0. The van der Waals surface area contributed by atoms with Crippen LogP contribution in [0.1, 0.15) is 10.4 Å². The van der Waals surface area contributed by atoms with Gasteiger partial charge in [-0.05, 0) is 6.07 Å². The van der Waals surface area contributed by atoms with Gasteiger partial charge in [0.2, 0.25) is 0 Å². The summed E-state index contributed by atoms with van der Waals surface area (Å²) in [4.78, 5) is 15.1. The number of carbonyl (C=O) groups excluding carboxylic acids is 1. The van der Waals surface area contributed by atoms with E-state index >= 15 is 0 Å². The Morgan fingerprint density at radius 3 is 2.93 bits per heavy atom. The molecule has 0 saturated carbocycles. The van der Waals surface area contributed by atoms with Gasteiger partial charge in [0.15, 0.2) is 0 Å². The van der Waals surface area contributed by atoms with E-state index in [-0.39, 0.29) is 6.10 Å². The van der Waals surface area contributed by atoms with Crippen molar-refractivity contribution in [2.24, 2.45) is 0 Å². The van der Waals surface area contributed by atoms with Crippen molar-refractivity contribution in [2.45, 2.75) is 6.10 Å². The molecule has 0 amide bonds. The lowest BCUT2D eigenvalue weighted by Crippen LogP contribution is -2.38. The molecule has 1 aromatic rings. The molecule has 0 N–H and O–H groups in total. The molecular formula is C10H11NO4. The highest BCUT2D eigenvalue weighted by Crippen LogP contribution is 2.16. The minimum atomic E-state index is -0.419. The van der Waals surface area contributed by atoms with Crippen molar-refractivity contribution >= 4 is 5.97 Å². The van der Waals surface area contributed by atoms with Crippen LogP contribution in [0.5, 0.6) is 5.75 Å². The first-order chi connectivity index (χ1) is 7.29. The molecule has 80 valence electrons. The van der Waals surface area contributed by atoms with Gasteiger partial charge in [-0.25, -0.2) is 4.79 Å². The lowest BCUT2D eigenvalue weighted by atomic mass is 10.2. The quantitative estimate of drug-likeness (QED) is 0.684. The predicted octanol–water partition coefficient (Wildman–Crippen LogP) is 0.646. The predicted molar refractivity (Wildman–Crippen MR) is 50.8 cm³/mol. The van der Waals surface area contributed by atoms with Crippen LogP contribution in [0.15, 0.2) is 18.5 Å².